The molecule has 0 saturated carbocycles. The monoisotopic (exact) mass is 327 g/mol. The van der Waals surface area contributed by atoms with Crippen LogP contribution in [0.1, 0.15) is 11.4 Å². The average molecular weight is 327 g/mol. The minimum Gasteiger partial charge on any atom is -0.493 e. The molecular weight excluding hydrogens is 306 g/mol. The largest absolute Gasteiger partial charge is 0.493 e. The van der Waals surface area contributed by atoms with Gasteiger partial charge in [-0.05, 0) is 18.2 Å². The molecule has 126 valence electrons. The Bertz CT molecular complexity index is 796. The van der Waals surface area contributed by atoms with Gasteiger partial charge in [0.15, 0.2) is 11.5 Å². The first kappa shape index (κ1) is 16.1. The zero-order valence-corrected chi connectivity index (χ0v) is 14.1. The van der Waals surface area contributed by atoms with E-state index >= 15 is 0 Å². The predicted octanol–water partition coefficient (Wildman–Crippen LogP) is 2.88. The molecule has 0 aliphatic heterocycles. The van der Waals surface area contributed by atoms with E-state index in [-0.39, 0.29) is 0 Å². The number of hydrogen-bond acceptors (Lipinski definition) is 5. The third-order valence-corrected chi connectivity index (χ3v) is 3.83. The highest BCUT2D eigenvalue weighted by Gasteiger charge is 2.15. The van der Waals surface area contributed by atoms with E-state index in [9.17, 15) is 0 Å². The van der Waals surface area contributed by atoms with E-state index in [1.54, 1.807) is 21.3 Å². The maximum atomic E-state index is 5.49. The van der Waals surface area contributed by atoms with Gasteiger partial charge in [-0.15, -0.1) is 0 Å². The fourth-order valence-corrected chi connectivity index (χ4v) is 2.71. The standard InChI is InChI=1S/C18H21N3O3/c1-22-15-9-8-12(17(23-2)18(15)24-3)10-19-11-16-20-13-6-4-5-7-14(13)21-16/h4-9,19H,10-11H2,1-3H3,(H,20,21). The molecule has 0 amide bonds. The number of methoxy groups -OCH3 is 3. The molecule has 0 aliphatic rings. The van der Waals surface area contributed by atoms with Crippen molar-refractivity contribution in [2.24, 2.45) is 0 Å². The van der Waals surface area contributed by atoms with Crippen molar-refractivity contribution in [1.29, 1.82) is 0 Å². The molecule has 0 aliphatic carbocycles. The second kappa shape index (κ2) is 7.23. The summed E-state index contributed by atoms with van der Waals surface area (Å²) in [6.45, 7) is 1.26. The van der Waals surface area contributed by atoms with Crippen LogP contribution < -0.4 is 19.5 Å². The summed E-state index contributed by atoms with van der Waals surface area (Å²) in [7, 11) is 4.84. The number of hydrogen-bond donors (Lipinski definition) is 2. The summed E-state index contributed by atoms with van der Waals surface area (Å²) in [4.78, 5) is 7.86. The highest BCUT2D eigenvalue weighted by molar-refractivity contribution is 5.74. The number of imidazole rings is 1. The number of aromatic nitrogens is 2. The van der Waals surface area contributed by atoms with Gasteiger partial charge in [-0.25, -0.2) is 4.98 Å². The lowest BCUT2D eigenvalue weighted by Crippen LogP contribution is -2.14. The van der Waals surface area contributed by atoms with Gasteiger partial charge in [-0.1, -0.05) is 18.2 Å². The summed E-state index contributed by atoms with van der Waals surface area (Å²) in [6, 6.07) is 11.8. The number of aromatic amines is 1. The Morgan fingerprint density at radius 1 is 0.917 bits per heavy atom. The molecule has 2 N–H and O–H groups in total. The van der Waals surface area contributed by atoms with Crippen molar-refractivity contribution in [2.75, 3.05) is 21.3 Å². The van der Waals surface area contributed by atoms with Crippen molar-refractivity contribution in [3.05, 3.63) is 47.8 Å². The Morgan fingerprint density at radius 3 is 2.42 bits per heavy atom. The molecule has 0 bridgehead atoms. The van der Waals surface area contributed by atoms with Gasteiger partial charge in [-0.3, -0.25) is 0 Å². The summed E-state index contributed by atoms with van der Waals surface area (Å²) < 4.78 is 16.2. The third-order valence-electron chi connectivity index (χ3n) is 3.83. The topological polar surface area (TPSA) is 68.4 Å². The molecule has 6 heteroatoms. The fourth-order valence-electron chi connectivity index (χ4n) is 2.71. The predicted molar refractivity (Wildman–Crippen MR) is 92.7 cm³/mol. The molecule has 0 fully saturated rings. The third kappa shape index (κ3) is 3.14. The first-order chi connectivity index (χ1) is 11.8. The first-order valence-electron chi connectivity index (χ1n) is 7.69. The quantitative estimate of drug-likeness (QED) is 0.698. The number of benzene rings is 2. The van der Waals surface area contributed by atoms with Crippen LogP contribution in [-0.4, -0.2) is 31.3 Å². The van der Waals surface area contributed by atoms with E-state index in [2.05, 4.69) is 15.3 Å². The zero-order valence-electron chi connectivity index (χ0n) is 14.1. The van der Waals surface area contributed by atoms with Gasteiger partial charge < -0.3 is 24.5 Å². The van der Waals surface area contributed by atoms with E-state index in [1.165, 1.54) is 0 Å². The smallest absolute Gasteiger partial charge is 0.203 e. The lowest BCUT2D eigenvalue weighted by molar-refractivity contribution is 0.321. The second-order valence-electron chi connectivity index (χ2n) is 5.30. The number of nitrogens with zero attached hydrogens (tertiary/aromatic N) is 1. The molecule has 3 aromatic rings. The van der Waals surface area contributed by atoms with Gasteiger partial charge >= 0.3 is 0 Å². The maximum Gasteiger partial charge on any atom is 0.203 e. The Morgan fingerprint density at radius 2 is 1.71 bits per heavy atom. The lowest BCUT2D eigenvalue weighted by atomic mass is 10.1. The van der Waals surface area contributed by atoms with E-state index in [0.717, 1.165) is 22.4 Å². The van der Waals surface area contributed by atoms with Crippen LogP contribution in [-0.2, 0) is 13.1 Å². The number of rotatable bonds is 7. The van der Waals surface area contributed by atoms with Crippen molar-refractivity contribution in [2.45, 2.75) is 13.1 Å². The Labute approximate surface area is 140 Å². The van der Waals surface area contributed by atoms with E-state index in [4.69, 9.17) is 14.2 Å². The summed E-state index contributed by atoms with van der Waals surface area (Å²) in [5, 5.41) is 3.37. The molecule has 1 heterocycles. The number of para-hydroxylation sites is 2. The van der Waals surface area contributed by atoms with Crippen molar-refractivity contribution in [3.8, 4) is 17.2 Å². The lowest BCUT2D eigenvalue weighted by Gasteiger charge is -2.15. The Hall–Kier alpha value is -2.73. The maximum absolute atomic E-state index is 5.49. The van der Waals surface area contributed by atoms with Crippen LogP contribution in [0, 0.1) is 0 Å². The van der Waals surface area contributed by atoms with Crippen LogP contribution in [0.15, 0.2) is 36.4 Å². The molecule has 2 aromatic carbocycles. The number of fused-ring (bicyclic) bond motifs is 1. The fraction of sp³-hybridized carbons (Fsp3) is 0.278. The normalized spacial score (nSPS) is 10.8. The Balaban J connectivity index is 1.72. The minimum absolute atomic E-state index is 0.600. The Kier molecular flexibility index (Phi) is 4.86. The molecule has 0 atom stereocenters. The molecule has 24 heavy (non-hydrogen) atoms. The zero-order chi connectivity index (χ0) is 16.9. The first-order valence-corrected chi connectivity index (χ1v) is 7.69. The summed E-state index contributed by atoms with van der Waals surface area (Å²) in [5.74, 6) is 2.82. The van der Waals surface area contributed by atoms with E-state index in [0.29, 0.717) is 30.3 Å². The summed E-state index contributed by atoms with van der Waals surface area (Å²) in [6.07, 6.45) is 0. The van der Waals surface area contributed by atoms with E-state index in [1.807, 2.05) is 36.4 Å². The highest BCUT2D eigenvalue weighted by Crippen LogP contribution is 2.39. The van der Waals surface area contributed by atoms with Gasteiger partial charge in [-0.2, -0.15) is 0 Å². The average Bonchev–Trinajstić information content (AvgIpc) is 3.03. The van der Waals surface area contributed by atoms with Crippen molar-refractivity contribution in [3.63, 3.8) is 0 Å². The van der Waals surface area contributed by atoms with Gasteiger partial charge in [0.25, 0.3) is 0 Å². The number of nitrogens with one attached hydrogen (secondary N) is 2. The molecule has 6 nitrogen and oxygen atoms in total. The van der Waals surface area contributed by atoms with Crippen LogP contribution in [0.4, 0.5) is 0 Å². The van der Waals surface area contributed by atoms with Crippen molar-refractivity contribution < 1.29 is 14.2 Å². The van der Waals surface area contributed by atoms with Crippen molar-refractivity contribution >= 4 is 11.0 Å². The molecule has 0 spiro atoms. The van der Waals surface area contributed by atoms with Crippen LogP contribution in [0.3, 0.4) is 0 Å². The molecule has 0 radical (unpaired) electrons. The molecule has 3 rings (SSSR count). The van der Waals surface area contributed by atoms with E-state index < -0.39 is 0 Å². The molecule has 1 aromatic heterocycles. The van der Waals surface area contributed by atoms with Crippen LogP contribution in [0.5, 0.6) is 17.2 Å². The highest BCUT2D eigenvalue weighted by atomic mass is 16.5. The van der Waals surface area contributed by atoms with Gasteiger partial charge in [0.05, 0.1) is 38.9 Å². The number of H-pyrrole nitrogens is 1. The van der Waals surface area contributed by atoms with Crippen LogP contribution >= 0.6 is 0 Å². The second-order valence-corrected chi connectivity index (χ2v) is 5.30. The number of ether oxygens (including phenoxy) is 3. The van der Waals surface area contributed by atoms with Crippen molar-refractivity contribution in [1.82, 2.24) is 15.3 Å². The molecule has 0 saturated heterocycles. The van der Waals surface area contributed by atoms with Gasteiger partial charge in [0, 0.05) is 12.1 Å². The van der Waals surface area contributed by atoms with Gasteiger partial charge in [0.1, 0.15) is 5.82 Å². The summed E-state index contributed by atoms with van der Waals surface area (Å²) in [5.41, 5.74) is 3.00. The molecular formula is C18H21N3O3. The van der Waals surface area contributed by atoms with Crippen LogP contribution in [0.2, 0.25) is 0 Å². The SMILES string of the molecule is COc1ccc(CNCc2nc3ccccc3[nH]2)c(OC)c1OC. The molecule has 0 unspecified atom stereocenters. The minimum atomic E-state index is 0.600. The van der Waals surface area contributed by atoms with Crippen LogP contribution in [0.25, 0.3) is 11.0 Å². The summed E-state index contributed by atoms with van der Waals surface area (Å²) >= 11 is 0. The van der Waals surface area contributed by atoms with Gasteiger partial charge in [0.2, 0.25) is 5.75 Å².